The van der Waals surface area contributed by atoms with Crippen LogP contribution in [0, 0.1) is 6.92 Å². The summed E-state index contributed by atoms with van der Waals surface area (Å²) in [5.41, 5.74) is 24.4. The van der Waals surface area contributed by atoms with Crippen LogP contribution < -0.4 is 0 Å². The molecule has 0 radical (unpaired) electrons. The lowest BCUT2D eigenvalue weighted by Crippen LogP contribution is -1.87. The summed E-state index contributed by atoms with van der Waals surface area (Å²) in [6.45, 7) is 2.13. The Kier molecular flexibility index (Phi) is 10.3. The van der Waals surface area contributed by atoms with Crippen LogP contribution in [-0.2, 0) is 0 Å². The second-order valence-corrected chi connectivity index (χ2v) is 22.9. The molecule has 0 spiro atoms. The maximum Gasteiger partial charge on any atom is 0.139 e. The maximum atomic E-state index is 7.06. The van der Waals surface area contributed by atoms with Crippen molar-refractivity contribution in [2.24, 2.45) is 0 Å². The second-order valence-electron chi connectivity index (χ2n) is 22.5. The minimum atomic E-state index is 0.699. The van der Waals surface area contributed by atoms with Gasteiger partial charge < -0.3 is 22.1 Å². The number of furan rings is 5. The third kappa shape index (κ3) is 7.71. The first-order valence-electron chi connectivity index (χ1n) is 28.6. The zero-order chi connectivity index (χ0) is 56.0. The van der Waals surface area contributed by atoms with E-state index in [4.69, 9.17) is 33.7 Å². The minimum Gasteiger partial charge on any atom is -0.456 e. The first-order chi connectivity index (χ1) is 41.8. The lowest BCUT2D eigenvalue weighted by atomic mass is 9.91. The number of hydrogen-bond donors (Lipinski definition) is 0. The van der Waals surface area contributed by atoms with Crippen LogP contribution in [0.1, 0.15) is 5.56 Å². The van der Waals surface area contributed by atoms with Crippen LogP contribution >= 0.6 is 11.6 Å². The molecule has 0 fully saturated rings. The number of rotatable bonds is 7. The highest BCUT2D eigenvalue weighted by Gasteiger charge is 2.21. The molecule has 0 bridgehead atoms. The highest BCUT2D eigenvalue weighted by Crippen LogP contribution is 2.45. The van der Waals surface area contributed by atoms with E-state index in [9.17, 15) is 0 Å². The van der Waals surface area contributed by atoms with Gasteiger partial charge in [0.15, 0.2) is 0 Å². The zero-order valence-electron chi connectivity index (χ0n) is 45.7. The molecule has 0 aliphatic heterocycles. The lowest BCUT2D eigenvalue weighted by molar-refractivity contribution is 0.655. The van der Waals surface area contributed by atoms with Crippen molar-refractivity contribution in [2.75, 3.05) is 0 Å². The molecule has 0 N–H and O–H groups in total. The molecule has 0 aliphatic rings. The van der Waals surface area contributed by atoms with Gasteiger partial charge in [-0.1, -0.05) is 139 Å². The molecule has 6 heteroatoms. The van der Waals surface area contributed by atoms with Gasteiger partial charge in [0, 0.05) is 76.6 Å². The molecule has 18 rings (SSSR count). The predicted octanol–water partition coefficient (Wildman–Crippen LogP) is 23.8. The molecule has 398 valence electrons. The van der Waals surface area contributed by atoms with Gasteiger partial charge in [0.25, 0.3) is 0 Å². The van der Waals surface area contributed by atoms with E-state index in [2.05, 4.69) is 225 Å². The summed E-state index contributed by atoms with van der Waals surface area (Å²) < 4.78 is 32.8. The highest BCUT2D eigenvalue weighted by atomic mass is 35.5. The molecular formula is C79H45ClO5. The van der Waals surface area contributed by atoms with E-state index in [0.717, 1.165) is 193 Å². The fourth-order valence-corrected chi connectivity index (χ4v) is 13.4. The van der Waals surface area contributed by atoms with Crippen LogP contribution in [0.5, 0.6) is 0 Å². The van der Waals surface area contributed by atoms with E-state index in [-0.39, 0.29) is 0 Å². The SMILES string of the molecule is Cc1cc2oc3ccc(-c4cc(-c5ccc6oc7cc8oc9ccc(-c%10ccccc%10)cc9c8cc7c6c5)cc(-c5ccc6oc7cc8oc9ccc(-c%10ccccc%10)cc9c8cc7c6c5)c4)cc3c2cc1-c1cc(-c2ccccc2)ccc1Cl. The summed E-state index contributed by atoms with van der Waals surface area (Å²) in [4.78, 5) is 0. The third-order valence-electron chi connectivity index (χ3n) is 17.4. The van der Waals surface area contributed by atoms with Gasteiger partial charge in [-0.3, -0.25) is 0 Å². The average molecular weight is 1110 g/mol. The standard InChI is InChI=1S/C79H45ClO5/c1-44-29-75-64(39-57(44)58-33-48(17-23-69(58)80)45-11-5-2-6-12-45)61-36-51(20-26-70(61)81-75)54-30-55(52-21-27-73-62(37-52)67-40-65-59-34-49(46-13-7-3-8-14-46)18-24-71(59)82-76(65)42-78(67)84-73)32-56(31-54)53-22-28-74-63(38-53)68-41-66-60-35-50(47-15-9-4-10-16-47)19-25-72(60)83-77(66)43-79(68)85-74/h2-43H,1H3. The summed E-state index contributed by atoms with van der Waals surface area (Å²) in [5, 5.41) is 11.1. The van der Waals surface area contributed by atoms with E-state index >= 15 is 0 Å². The molecule has 13 aromatic carbocycles. The van der Waals surface area contributed by atoms with Crippen molar-refractivity contribution in [3.05, 3.63) is 265 Å². The summed E-state index contributed by atoms with van der Waals surface area (Å²) in [7, 11) is 0. The van der Waals surface area contributed by atoms with Gasteiger partial charge in [-0.2, -0.15) is 0 Å². The number of hydrogen-bond acceptors (Lipinski definition) is 5. The quantitative estimate of drug-likeness (QED) is 0.159. The fourth-order valence-electron chi connectivity index (χ4n) is 13.1. The normalized spacial score (nSPS) is 12.1. The van der Waals surface area contributed by atoms with E-state index < -0.39 is 0 Å². The molecule has 0 amide bonds. The first kappa shape index (κ1) is 47.8. The van der Waals surface area contributed by atoms with E-state index in [1.807, 2.05) is 36.4 Å². The Morgan fingerprint density at radius 3 is 0.835 bits per heavy atom. The Morgan fingerprint density at radius 1 is 0.200 bits per heavy atom. The zero-order valence-corrected chi connectivity index (χ0v) is 46.4. The Morgan fingerprint density at radius 2 is 0.482 bits per heavy atom. The van der Waals surface area contributed by atoms with Gasteiger partial charge in [-0.25, -0.2) is 0 Å². The molecule has 0 atom stereocenters. The predicted molar refractivity (Wildman–Crippen MR) is 351 cm³/mol. The monoisotopic (exact) mass is 1110 g/mol. The number of aryl methyl sites for hydroxylation is 1. The van der Waals surface area contributed by atoms with Gasteiger partial charge in [-0.15, -0.1) is 0 Å². The van der Waals surface area contributed by atoms with Crippen LogP contribution in [-0.4, -0.2) is 0 Å². The number of benzene rings is 13. The molecule has 85 heavy (non-hydrogen) atoms. The molecule has 5 nitrogen and oxygen atoms in total. The van der Waals surface area contributed by atoms with E-state index in [1.54, 1.807) is 0 Å². The average Bonchev–Trinajstić information content (AvgIpc) is 2.42. The van der Waals surface area contributed by atoms with Crippen molar-refractivity contribution in [3.8, 4) is 77.9 Å². The second kappa shape index (κ2) is 18.3. The van der Waals surface area contributed by atoms with Gasteiger partial charge in [0.2, 0.25) is 0 Å². The molecule has 18 aromatic rings. The maximum absolute atomic E-state index is 7.06. The van der Waals surface area contributed by atoms with Crippen molar-refractivity contribution in [1.82, 2.24) is 0 Å². The summed E-state index contributed by atoms with van der Waals surface area (Å²) in [6, 6.07) is 90.1. The summed E-state index contributed by atoms with van der Waals surface area (Å²) in [6.07, 6.45) is 0. The Balaban J connectivity index is 0.807. The van der Waals surface area contributed by atoms with Crippen molar-refractivity contribution in [1.29, 1.82) is 0 Å². The molecule has 0 saturated heterocycles. The number of halogens is 1. The van der Waals surface area contributed by atoms with Gasteiger partial charge in [0.1, 0.15) is 55.8 Å². The molecular weight excluding hydrogens is 1060 g/mol. The number of fused-ring (bicyclic) bond motifs is 15. The molecule has 5 aromatic heterocycles. The third-order valence-corrected chi connectivity index (χ3v) is 17.8. The van der Waals surface area contributed by atoms with Crippen molar-refractivity contribution in [3.63, 3.8) is 0 Å². The van der Waals surface area contributed by atoms with E-state index in [1.165, 1.54) is 0 Å². The topological polar surface area (TPSA) is 65.7 Å². The fraction of sp³-hybridized carbons (Fsp3) is 0.0127. The van der Waals surface area contributed by atoms with Crippen LogP contribution in [0.3, 0.4) is 0 Å². The largest absolute Gasteiger partial charge is 0.456 e. The van der Waals surface area contributed by atoms with Crippen LogP contribution in [0.4, 0.5) is 0 Å². The molecule has 0 saturated carbocycles. The lowest BCUT2D eigenvalue weighted by Gasteiger charge is -2.12. The Hall–Kier alpha value is -10.9. The van der Waals surface area contributed by atoms with Crippen molar-refractivity contribution < 1.29 is 22.1 Å². The highest BCUT2D eigenvalue weighted by molar-refractivity contribution is 6.33. The smallest absolute Gasteiger partial charge is 0.139 e. The molecule has 5 heterocycles. The van der Waals surface area contributed by atoms with Gasteiger partial charge in [0.05, 0.1) is 0 Å². The summed E-state index contributed by atoms with van der Waals surface area (Å²) in [5.74, 6) is 0. The van der Waals surface area contributed by atoms with E-state index in [0.29, 0.717) is 5.02 Å². The van der Waals surface area contributed by atoms with Gasteiger partial charge >= 0.3 is 0 Å². The first-order valence-corrected chi connectivity index (χ1v) is 29.0. The van der Waals surface area contributed by atoms with Crippen molar-refractivity contribution in [2.45, 2.75) is 6.92 Å². The minimum absolute atomic E-state index is 0.699. The Labute approximate surface area is 490 Å². The van der Waals surface area contributed by atoms with Gasteiger partial charge in [-0.05, 0) is 200 Å². The molecule has 0 unspecified atom stereocenters. The Bertz CT molecular complexity index is 5550. The van der Waals surface area contributed by atoms with Crippen LogP contribution in [0.2, 0.25) is 5.02 Å². The summed E-state index contributed by atoms with van der Waals surface area (Å²) >= 11 is 7.06. The van der Waals surface area contributed by atoms with Crippen LogP contribution in [0.15, 0.2) is 277 Å². The van der Waals surface area contributed by atoms with Crippen molar-refractivity contribution >= 4 is 121 Å². The van der Waals surface area contributed by atoms with Crippen LogP contribution in [0.25, 0.3) is 188 Å². The molecule has 0 aliphatic carbocycles.